The second-order valence-electron chi connectivity index (χ2n) is 7.86. The van der Waals surface area contributed by atoms with Crippen molar-refractivity contribution >= 4 is 40.7 Å². The van der Waals surface area contributed by atoms with Gasteiger partial charge in [-0.05, 0) is 46.5 Å². The van der Waals surface area contributed by atoms with Crippen molar-refractivity contribution in [3.8, 4) is 0 Å². The maximum atomic E-state index is 13.6. The molecule has 0 N–H and O–H groups in total. The van der Waals surface area contributed by atoms with Crippen LogP contribution >= 0.6 is 23.2 Å². The second-order valence-corrected chi connectivity index (χ2v) is 8.89. The highest BCUT2D eigenvalue weighted by molar-refractivity contribution is 6.34. The van der Waals surface area contributed by atoms with Gasteiger partial charge in [0.25, 0.3) is 0 Å². The van der Waals surface area contributed by atoms with E-state index in [1.807, 2.05) is 48.5 Å². The van der Waals surface area contributed by atoms with Gasteiger partial charge in [-0.1, -0.05) is 60.1 Å². The topological polar surface area (TPSA) is 37.4 Å². The van der Waals surface area contributed by atoms with E-state index in [2.05, 4.69) is 0 Å². The molecule has 2 atom stereocenters. The molecule has 29 heavy (non-hydrogen) atoms. The SMILES string of the molecule is O=C1[C@@H]2C3c4ccccc4C(Cl)(c4ccccc43)[C@@H]2C(=O)N1c1ccc(Cl)cc1. The van der Waals surface area contributed by atoms with Crippen molar-refractivity contribution in [3.05, 3.63) is 100 Å². The summed E-state index contributed by atoms with van der Waals surface area (Å²) < 4.78 is 0. The predicted molar refractivity (Wildman–Crippen MR) is 112 cm³/mol. The van der Waals surface area contributed by atoms with E-state index in [4.69, 9.17) is 23.2 Å². The standard InChI is InChI=1S/C24H15Cl2NO2/c25-13-9-11-14(12-10-13)27-22(28)20-19-15-5-1-3-7-17(15)24(26,21(20)23(27)29)18-8-4-2-6-16(18)19/h1-12,19-21H/t19?,20-,21+,24?/m1/s1. The summed E-state index contributed by atoms with van der Waals surface area (Å²) in [6.45, 7) is 0. The van der Waals surface area contributed by atoms with Gasteiger partial charge < -0.3 is 0 Å². The molecule has 3 aliphatic carbocycles. The third-order valence-corrected chi connectivity index (χ3v) is 7.49. The van der Waals surface area contributed by atoms with Crippen molar-refractivity contribution in [2.75, 3.05) is 4.90 Å². The van der Waals surface area contributed by atoms with E-state index in [9.17, 15) is 9.59 Å². The highest BCUT2D eigenvalue weighted by Gasteiger charge is 2.67. The lowest BCUT2D eigenvalue weighted by molar-refractivity contribution is -0.122. The minimum atomic E-state index is -1.06. The largest absolute Gasteiger partial charge is 0.274 e. The van der Waals surface area contributed by atoms with Gasteiger partial charge in [-0.25, -0.2) is 4.90 Å². The van der Waals surface area contributed by atoms with Crippen LogP contribution in [0.2, 0.25) is 5.02 Å². The molecule has 4 aliphatic rings. The summed E-state index contributed by atoms with van der Waals surface area (Å²) >= 11 is 13.4. The Morgan fingerprint density at radius 1 is 0.759 bits per heavy atom. The van der Waals surface area contributed by atoms with E-state index in [0.29, 0.717) is 10.7 Å². The van der Waals surface area contributed by atoms with E-state index >= 15 is 0 Å². The molecular weight excluding hydrogens is 405 g/mol. The molecule has 0 spiro atoms. The Bertz CT molecular complexity index is 1160. The summed E-state index contributed by atoms with van der Waals surface area (Å²) in [4.78, 5) is 27.5. The molecule has 0 unspecified atom stereocenters. The van der Waals surface area contributed by atoms with Gasteiger partial charge in [0.2, 0.25) is 11.8 Å². The van der Waals surface area contributed by atoms with E-state index in [-0.39, 0.29) is 17.7 Å². The van der Waals surface area contributed by atoms with Crippen LogP contribution in [0.5, 0.6) is 0 Å². The lowest BCUT2D eigenvalue weighted by atomic mass is 9.54. The van der Waals surface area contributed by atoms with Gasteiger partial charge in [0, 0.05) is 10.9 Å². The minimum Gasteiger partial charge on any atom is -0.274 e. The smallest absolute Gasteiger partial charge is 0.240 e. The number of anilines is 1. The highest BCUT2D eigenvalue weighted by Crippen LogP contribution is 2.65. The fourth-order valence-electron chi connectivity index (χ4n) is 5.52. The Balaban J connectivity index is 1.61. The molecule has 1 fully saturated rings. The molecule has 3 nitrogen and oxygen atoms in total. The summed E-state index contributed by atoms with van der Waals surface area (Å²) in [7, 11) is 0. The quantitative estimate of drug-likeness (QED) is 0.407. The summed E-state index contributed by atoms with van der Waals surface area (Å²) in [5, 5.41) is 0.555. The van der Waals surface area contributed by atoms with E-state index in [1.54, 1.807) is 24.3 Å². The van der Waals surface area contributed by atoms with Crippen LogP contribution in [0.25, 0.3) is 0 Å². The Hall–Kier alpha value is -2.62. The third-order valence-electron chi connectivity index (χ3n) is 6.60. The predicted octanol–water partition coefficient (Wildman–Crippen LogP) is 5.09. The van der Waals surface area contributed by atoms with Crippen LogP contribution in [0.1, 0.15) is 28.2 Å². The molecule has 0 radical (unpaired) electrons. The summed E-state index contributed by atoms with van der Waals surface area (Å²) in [5.41, 5.74) is 4.49. The van der Waals surface area contributed by atoms with Crippen molar-refractivity contribution in [1.82, 2.24) is 0 Å². The second kappa shape index (κ2) is 5.71. The Kier molecular flexibility index (Phi) is 3.40. The van der Waals surface area contributed by atoms with Gasteiger partial charge >= 0.3 is 0 Å². The molecule has 1 saturated heterocycles. The number of amides is 2. The first-order valence-electron chi connectivity index (χ1n) is 9.54. The molecule has 0 saturated carbocycles. The Labute approximate surface area is 177 Å². The number of hydrogen-bond donors (Lipinski definition) is 0. The lowest BCUT2D eigenvalue weighted by Gasteiger charge is -2.50. The van der Waals surface area contributed by atoms with Gasteiger partial charge in [-0.15, -0.1) is 11.6 Å². The molecule has 3 aromatic rings. The fourth-order valence-corrected chi connectivity index (χ4v) is 6.22. The van der Waals surface area contributed by atoms with Crippen molar-refractivity contribution in [1.29, 1.82) is 0 Å². The molecule has 2 bridgehead atoms. The molecule has 2 amide bonds. The van der Waals surface area contributed by atoms with Gasteiger partial charge in [0.05, 0.1) is 17.5 Å². The van der Waals surface area contributed by atoms with Crippen LogP contribution in [0.15, 0.2) is 72.8 Å². The van der Waals surface area contributed by atoms with Crippen LogP contribution in [-0.2, 0) is 14.5 Å². The van der Waals surface area contributed by atoms with Gasteiger partial charge in [0.1, 0.15) is 4.87 Å². The molecule has 3 aromatic carbocycles. The molecule has 7 rings (SSSR count). The van der Waals surface area contributed by atoms with Gasteiger partial charge in [0.15, 0.2) is 0 Å². The molecular formula is C24H15Cl2NO2. The number of halogens is 2. The molecule has 1 heterocycles. The number of imide groups is 1. The minimum absolute atomic E-state index is 0.179. The first-order chi connectivity index (χ1) is 14.0. The maximum Gasteiger partial charge on any atom is 0.240 e. The zero-order chi connectivity index (χ0) is 19.9. The third kappa shape index (κ3) is 2.00. The Morgan fingerprint density at radius 3 is 1.90 bits per heavy atom. The van der Waals surface area contributed by atoms with E-state index in [1.165, 1.54) is 4.90 Å². The number of nitrogens with zero attached hydrogens (tertiary/aromatic N) is 1. The normalized spacial score (nSPS) is 28.9. The monoisotopic (exact) mass is 419 g/mol. The lowest BCUT2D eigenvalue weighted by Crippen LogP contribution is -2.50. The van der Waals surface area contributed by atoms with E-state index < -0.39 is 16.7 Å². The number of carbonyl (C=O) groups excluding carboxylic acids is 2. The van der Waals surface area contributed by atoms with Crippen LogP contribution < -0.4 is 4.90 Å². The average Bonchev–Trinajstić information content (AvgIpc) is 3.01. The number of rotatable bonds is 1. The van der Waals surface area contributed by atoms with E-state index in [0.717, 1.165) is 22.3 Å². The number of carbonyl (C=O) groups is 2. The Morgan fingerprint density at radius 2 is 1.31 bits per heavy atom. The summed E-state index contributed by atoms with van der Waals surface area (Å²) in [6.07, 6.45) is 0. The van der Waals surface area contributed by atoms with Gasteiger partial charge in [-0.3, -0.25) is 9.59 Å². The van der Waals surface area contributed by atoms with Gasteiger partial charge in [-0.2, -0.15) is 0 Å². The van der Waals surface area contributed by atoms with Crippen molar-refractivity contribution in [2.24, 2.45) is 11.8 Å². The zero-order valence-electron chi connectivity index (χ0n) is 15.2. The first-order valence-corrected chi connectivity index (χ1v) is 10.3. The number of benzene rings is 3. The highest BCUT2D eigenvalue weighted by atomic mass is 35.5. The van der Waals surface area contributed by atoms with Crippen molar-refractivity contribution in [3.63, 3.8) is 0 Å². The van der Waals surface area contributed by atoms with Crippen LogP contribution in [0.4, 0.5) is 5.69 Å². The zero-order valence-corrected chi connectivity index (χ0v) is 16.7. The average molecular weight is 420 g/mol. The van der Waals surface area contributed by atoms with Crippen molar-refractivity contribution < 1.29 is 9.59 Å². The molecule has 1 aliphatic heterocycles. The van der Waals surface area contributed by atoms with Crippen molar-refractivity contribution in [2.45, 2.75) is 10.8 Å². The fraction of sp³-hybridized carbons (Fsp3) is 0.167. The maximum absolute atomic E-state index is 13.6. The van der Waals surface area contributed by atoms with Crippen LogP contribution in [0, 0.1) is 11.8 Å². The number of alkyl halides is 1. The molecule has 142 valence electrons. The molecule has 5 heteroatoms. The summed E-state index contributed by atoms with van der Waals surface area (Å²) in [5.74, 6) is -1.77. The number of hydrogen-bond acceptors (Lipinski definition) is 2. The summed E-state index contributed by atoms with van der Waals surface area (Å²) in [6, 6.07) is 22.7. The van der Waals surface area contributed by atoms with Crippen LogP contribution in [0.3, 0.4) is 0 Å². The molecule has 0 aromatic heterocycles. The van der Waals surface area contributed by atoms with Crippen LogP contribution in [-0.4, -0.2) is 11.8 Å². The first kappa shape index (κ1) is 17.3.